The van der Waals surface area contributed by atoms with Gasteiger partial charge in [0.2, 0.25) is 0 Å². The van der Waals surface area contributed by atoms with Crippen LogP contribution in [0, 0.1) is 0 Å². The van der Waals surface area contributed by atoms with Crippen molar-refractivity contribution in [2.75, 3.05) is 5.75 Å². The van der Waals surface area contributed by atoms with E-state index in [1.54, 1.807) is 11.8 Å². The lowest BCUT2D eigenvalue weighted by Crippen LogP contribution is -2.14. The van der Waals surface area contributed by atoms with Crippen LogP contribution >= 0.6 is 27.7 Å². The van der Waals surface area contributed by atoms with Gasteiger partial charge in [-0.2, -0.15) is 5.10 Å². The van der Waals surface area contributed by atoms with E-state index in [4.69, 9.17) is 0 Å². The molecule has 0 bridgehead atoms. The zero-order valence-corrected chi connectivity index (χ0v) is 14.1. The lowest BCUT2D eigenvalue weighted by atomic mass is 10.2. The Morgan fingerprint density at radius 2 is 2.05 bits per heavy atom. The van der Waals surface area contributed by atoms with Crippen LogP contribution in [0.4, 0.5) is 0 Å². The monoisotopic (exact) mass is 354 g/mol. The van der Waals surface area contributed by atoms with Gasteiger partial charge in [0, 0.05) is 33.8 Å². The molecule has 1 aromatic heterocycles. The molecule has 2 rings (SSSR count). The number of benzene rings is 1. The molecule has 1 atom stereocenters. The summed E-state index contributed by atoms with van der Waals surface area (Å²) in [6.45, 7) is 4.19. The van der Waals surface area contributed by atoms with Gasteiger partial charge in [-0.05, 0) is 48.0 Å². The molecule has 1 aromatic carbocycles. The minimum Gasteiger partial charge on any atom is -0.392 e. The summed E-state index contributed by atoms with van der Waals surface area (Å²) in [6, 6.07) is 10.4. The molecule has 0 amide bonds. The second-order valence-electron chi connectivity index (χ2n) is 4.98. The molecule has 1 N–H and O–H groups in total. The van der Waals surface area contributed by atoms with Gasteiger partial charge in [-0.3, -0.25) is 4.68 Å². The molecule has 0 aliphatic rings. The van der Waals surface area contributed by atoms with Crippen molar-refractivity contribution in [3.63, 3.8) is 0 Å². The molecule has 108 valence electrons. The Balaban J connectivity index is 1.86. The van der Waals surface area contributed by atoms with Crippen LogP contribution in [0.2, 0.25) is 0 Å². The van der Waals surface area contributed by atoms with Crippen molar-refractivity contribution in [1.82, 2.24) is 9.78 Å². The van der Waals surface area contributed by atoms with Crippen LogP contribution in [0.25, 0.3) is 0 Å². The molecule has 1 unspecified atom stereocenters. The second kappa shape index (κ2) is 7.29. The molecule has 0 spiro atoms. The van der Waals surface area contributed by atoms with Crippen LogP contribution in [0.3, 0.4) is 0 Å². The summed E-state index contributed by atoms with van der Waals surface area (Å²) in [6.07, 6.45) is 2.17. The fraction of sp³-hybridized carbons (Fsp3) is 0.400. The van der Waals surface area contributed by atoms with Gasteiger partial charge >= 0.3 is 0 Å². The predicted molar refractivity (Wildman–Crippen MR) is 87.2 cm³/mol. The van der Waals surface area contributed by atoms with Crippen LogP contribution in [0.15, 0.2) is 45.9 Å². The summed E-state index contributed by atoms with van der Waals surface area (Å²) >= 11 is 5.17. The van der Waals surface area contributed by atoms with E-state index in [1.165, 1.54) is 0 Å². The normalized spacial score (nSPS) is 12.8. The summed E-state index contributed by atoms with van der Waals surface area (Å²) in [5, 5.41) is 14.6. The highest BCUT2D eigenvalue weighted by atomic mass is 79.9. The molecule has 0 aliphatic heterocycles. The number of rotatable bonds is 6. The summed E-state index contributed by atoms with van der Waals surface area (Å²) < 4.78 is 2.99. The summed E-state index contributed by atoms with van der Waals surface area (Å²) in [7, 11) is 0. The summed E-state index contributed by atoms with van der Waals surface area (Å²) in [5.41, 5.74) is 0.943. The average Bonchev–Trinajstić information content (AvgIpc) is 2.86. The van der Waals surface area contributed by atoms with E-state index < -0.39 is 0 Å². The molecule has 2 aromatic rings. The van der Waals surface area contributed by atoms with Crippen molar-refractivity contribution in [2.24, 2.45) is 0 Å². The zero-order chi connectivity index (χ0) is 14.5. The Morgan fingerprint density at radius 1 is 1.30 bits per heavy atom. The number of aromatic nitrogens is 2. The number of halogens is 1. The number of hydrogen-bond donors (Lipinski definition) is 1. The van der Waals surface area contributed by atoms with E-state index >= 15 is 0 Å². The van der Waals surface area contributed by atoms with Crippen molar-refractivity contribution >= 4 is 27.7 Å². The number of aliphatic hydroxyl groups excluding tert-OH is 1. The van der Waals surface area contributed by atoms with Crippen molar-refractivity contribution in [1.29, 1.82) is 0 Å². The van der Waals surface area contributed by atoms with Crippen LogP contribution in [-0.2, 0) is 6.42 Å². The van der Waals surface area contributed by atoms with Gasteiger partial charge < -0.3 is 5.11 Å². The maximum atomic E-state index is 10.1. The van der Waals surface area contributed by atoms with Crippen LogP contribution < -0.4 is 0 Å². The quantitative estimate of drug-likeness (QED) is 0.798. The number of nitrogens with zero attached hydrogens (tertiary/aromatic N) is 2. The maximum Gasteiger partial charge on any atom is 0.0690 e. The van der Waals surface area contributed by atoms with Crippen molar-refractivity contribution in [2.45, 2.75) is 37.3 Å². The highest BCUT2D eigenvalue weighted by molar-refractivity contribution is 9.10. The Morgan fingerprint density at radius 3 is 2.70 bits per heavy atom. The van der Waals surface area contributed by atoms with E-state index in [1.807, 2.05) is 35.1 Å². The first-order chi connectivity index (χ1) is 9.56. The summed E-state index contributed by atoms with van der Waals surface area (Å²) in [5.74, 6) is 0.664. The third-order valence-corrected chi connectivity index (χ3v) is 5.08. The molecular weight excluding hydrogens is 336 g/mol. The van der Waals surface area contributed by atoms with Crippen LogP contribution in [0.1, 0.15) is 25.6 Å². The minimum absolute atomic E-state index is 0.357. The van der Waals surface area contributed by atoms with Crippen molar-refractivity contribution < 1.29 is 5.11 Å². The highest BCUT2D eigenvalue weighted by Crippen LogP contribution is 2.27. The fourth-order valence-electron chi connectivity index (χ4n) is 1.82. The molecule has 0 fully saturated rings. The van der Waals surface area contributed by atoms with E-state index in [9.17, 15) is 5.11 Å². The minimum atomic E-state index is -0.386. The molecular formula is C15H19BrN2OS. The van der Waals surface area contributed by atoms with Crippen molar-refractivity contribution in [3.05, 3.63) is 46.7 Å². The fourth-order valence-corrected chi connectivity index (χ4v) is 3.32. The van der Waals surface area contributed by atoms with Gasteiger partial charge in [-0.15, -0.1) is 11.8 Å². The van der Waals surface area contributed by atoms with Crippen LogP contribution in [-0.4, -0.2) is 26.7 Å². The molecule has 0 aliphatic carbocycles. The van der Waals surface area contributed by atoms with Gasteiger partial charge in [-0.1, -0.05) is 12.1 Å². The van der Waals surface area contributed by atoms with E-state index in [2.05, 4.69) is 40.9 Å². The first kappa shape index (κ1) is 15.6. The van der Waals surface area contributed by atoms with Gasteiger partial charge in [0.1, 0.15) is 0 Å². The third kappa shape index (κ3) is 4.36. The number of hydrogen-bond acceptors (Lipinski definition) is 3. The Kier molecular flexibility index (Phi) is 5.69. The SMILES string of the molecule is CC(C)n1ccc(CC(O)CSc2ccccc2Br)n1. The first-order valence-corrected chi connectivity index (χ1v) is 8.43. The Labute approximate surface area is 132 Å². The van der Waals surface area contributed by atoms with Gasteiger partial charge in [0.05, 0.1) is 11.8 Å². The molecule has 0 saturated carbocycles. The average molecular weight is 355 g/mol. The molecule has 0 radical (unpaired) electrons. The van der Waals surface area contributed by atoms with Gasteiger partial charge in [-0.25, -0.2) is 0 Å². The Bertz CT molecular complexity index is 556. The molecule has 0 saturated heterocycles. The topological polar surface area (TPSA) is 38.0 Å². The third-order valence-electron chi connectivity index (χ3n) is 2.91. The van der Waals surface area contributed by atoms with Gasteiger partial charge in [0.25, 0.3) is 0 Å². The van der Waals surface area contributed by atoms with Crippen LogP contribution in [0.5, 0.6) is 0 Å². The van der Waals surface area contributed by atoms with E-state index in [0.717, 1.165) is 15.1 Å². The van der Waals surface area contributed by atoms with Gasteiger partial charge in [0.15, 0.2) is 0 Å². The van der Waals surface area contributed by atoms with Crippen molar-refractivity contribution in [3.8, 4) is 0 Å². The first-order valence-electron chi connectivity index (χ1n) is 6.65. The Hall–Kier alpha value is -0.780. The molecule has 1 heterocycles. The standard InChI is InChI=1S/C15H19BrN2OS/c1-11(2)18-8-7-12(17-18)9-13(19)10-20-15-6-4-3-5-14(15)16/h3-8,11,13,19H,9-10H2,1-2H3. The zero-order valence-electron chi connectivity index (χ0n) is 11.7. The highest BCUT2D eigenvalue weighted by Gasteiger charge is 2.10. The number of thioether (sulfide) groups is 1. The predicted octanol–water partition coefficient (Wildman–Crippen LogP) is 3.92. The molecule has 3 nitrogen and oxygen atoms in total. The number of aliphatic hydroxyl groups is 1. The van der Waals surface area contributed by atoms with E-state index in [-0.39, 0.29) is 6.10 Å². The smallest absolute Gasteiger partial charge is 0.0690 e. The molecule has 20 heavy (non-hydrogen) atoms. The lowest BCUT2D eigenvalue weighted by molar-refractivity contribution is 0.198. The largest absolute Gasteiger partial charge is 0.392 e. The van der Waals surface area contributed by atoms with E-state index in [0.29, 0.717) is 18.2 Å². The molecule has 5 heteroatoms. The maximum absolute atomic E-state index is 10.1. The second-order valence-corrected chi connectivity index (χ2v) is 6.90. The lowest BCUT2D eigenvalue weighted by Gasteiger charge is -2.10. The summed E-state index contributed by atoms with van der Waals surface area (Å²) in [4.78, 5) is 1.15.